The molecule has 8 heteroatoms. The van der Waals surface area contributed by atoms with E-state index in [0.29, 0.717) is 27.9 Å². The quantitative estimate of drug-likeness (QED) is 0.340. The molecule has 0 aliphatic rings. The van der Waals surface area contributed by atoms with Crippen LogP contribution in [-0.4, -0.2) is 48.7 Å². The number of hydrogen-bond acceptors (Lipinski definition) is 5. The van der Waals surface area contributed by atoms with Crippen LogP contribution < -0.4 is 0 Å². The normalized spacial score (nSPS) is 12.7. The van der Waals surface area contributed by atoms with E-state index in [1.807, 2.05) is 19.1 Å². The molecular weight excluding hydrogens is 428 g/mol. The summed E-state index contributed by atoms with van der Waals surface area (Å²) in [6.07, 6.45) is 1.46. The number of ketones is 1. The number of esters is 1. The summed E-state index contributed by atoms with van der Waals surface area (Å²) < 4.78 is 35.0. The summed E-state index contributed by atoms with van der Waals surface area (Å²) in [4.78, 5) is 26.0. The summed E-state index contributed by atoms with van der Waals surface area (Å²) in [7, 11) is -1.05. The van der Waals surface area contributed by atoms with Gasteiger partial charge in [0.25, 0.3) is 0 Å². The molecule has 1 unspecified atom stereocenters. The first kappa shape index (κ1) is 25.5. The zero-order chi connectivity index (χ0) is 24.5. The molecule has 2 aromatic rings. The lowest BCUT2D eigenvalue weighted by Gasteiger charge is -2.28. The standard InChI is InChI=1S/C24H32N2O5S/c1-10-11-26(32(29,30)23-15(3)12-14(2)13-16(23)4)19(7)22(27)20-17(5)21(24(28)31-9)25(8)18(20)6/h10,12-13,19H,1,11H2,2-9H3. The van der Waals surface area contributed by atoms with Crippen molar-refractivity contribution in [3.8, 4) is 0 Å². The molecule has 0 amide bonds. The summed E-state index contributed by atoms with van der Waals surface area (Å²) in [5, 5.41) is 0. The third-order valence-corrected chi connectivity index (χ3v) is 8.09. The zero-order valence-electron chi connectivity index (χ0n) is 20.1. The molecule has 1 aromatic carbocycles. The van der Waals surface area contributed by atoms with Crippen molar-refractivity contribution in [2.45, 2.75) is 52.5 Å². The lowest BCUT2D eigenvalue weighted by atomic mass is 10.0. The Labute approximate surface area is 190 Å². The van der Waals surface area contributed by atoms with E-state index in [0.717, 1.165) is 9.87 Å². The monoisotopic (exact) mass is 460 g/mol. The average molecular weight is 461 g/mol. The summed E-state index contributed by atoms with van der Waals surface area (Å²) in [5.41, 5.74) is 3.83. The number of Topliss-reactive ketones (excluding diaryl/α,β-unsaturated/α-hetero) is 1. The maximum Gasteiger partial charge on any atom is 0.354 e. The zero-order valence-corrected chi connectivity index (χ0v) is 20.9. The van der Waals surface area contributed by atoms with Gasteiger partial charge in [0.15, 0.2) is 5.78 Å². The van der Waals surface area contributed by atoms with Gasteiger partial charge in [-0.2, -0.15) is 4.31 Å². The Kier molecular flexibility index (Phi) is 7.52. The van der Waals surface area contributed by atoms with E-state index in [-0.39, 0.29) is 17.1 Å². The Balaban J connectivity index is 2.63. The van der Waals surface area contributed by atoms with E-state index >= 15 is 0 Å². The second-order valence-electron chi connectivity index (χ2n) is 8.12. The van der Waals surface area contributed by atoms with Crippen LogP contribution in [0.1, 0.15) is 55.7 Å². The van der Waals surface area contributed by atoms with Crippen LogP contribution in [-0.2, 0) is 21.8 Å². The molecule has 1 atom stereocenters. The Morgan fingerprint density at radius 1 is 1.16 bits per heavy atom. The van der Waals surface area contributed by atoms with Crippen LogP contribution in [0.15, 0.2) is 29.7 Å². The van der Waals surface area contributed by atoms with Gasteiger partial charge in [0.2, 0.25) is 10.0 Å². The van der Waals surface area contributed by atoms with Crippen molar-refractivity contribution < 1.29 is 22.7 Å². The number of aryl methyl sites for hydroxylation is 3. The van der Waals surface area contributed by atoms with Crippen LogP contribution in [0.25, 0.3) is 0 Å². The topological polar surface area (TPSA) is 85.7 Å². The minimum absolute atomic E-state index is 0.0310. The second kappa shape index (κ2) is 9.42. The van der Waals surface area contributed by atoms with Gasteiger partial charge in [0.1, 0.15) is 5.69 Å². The summed E-state index contributed by atoms with van der Waals surface area (Å²) in [6.45, 7) is 14.0. The number of hydrogen-bond donors (Lipinski definition) is 0. The van der Waals surface area contributed by atoms with Gasteiger partial charge in [-0.25, -0.2) is 13.2 Å². The fraction of sp³-hybridized carbons (Fsp3) is 0.417. The average Bonchev–Trinajstić information content (AvgIpc) is 2.91. The van der Waals surface area contributed by atoms with E-state index in [1.54, 1.807) is 46.2 Å². The Hall–Kier alpha value is -2.71. The molecule has 0 radical (unpaired) electrons. The molecule has 0 N–H and O–H groups in total. The first-order chi connectivity index (χ1) is 14.8. The highest BCUT2D eigenvalue weighted by atomic mass is 32.2. The number of carbonyl (C=O) groups excluding carboxylic acids is 2. The van der Waals surface area contributed by atoms with Crippen molar-refractivity contribution in [1.29, 1.82) is 0 Å². The highest BCUT2D eigenvalue weighted by Gasteiger charge is 2.37. The number of ether oxygens (including phenoxy) is 1. The minimum Gasteiger partial charge on any atom is -0.464 e. The Morgan fingerprint density at radius 2 is 1.69 bits per heavy atom. The fourth-order valence-electron chi connectivity index (χ4n) is 4.35. The molecule has 0 saturated carbocycles. The van der Waals surface area contributed by atoms with Gasteiger partial charge < -0.3 is 9.30 Å². The van der Waals surface area contributed by atoms with Crippen LogP contribution in [0.2, 0.25) is 0 Å². The first-order valence-electron chi connectivity index (χ1n) is 10.3. The molecule has 0 aliphatic heterocycles. The summed E-state index contributed by atoms with van der Waals surface area (Å²) in [6, 6.07) is 2.61. The molecule has 0 fully saturated rings. The molecule has 174 valence electrons. The van der Waals surface area contributed by atoms with Gasteiger partial charge in [0.05, 0.1) is 18.0 Å². The SMILES string of the molecule is C=CCN(C(C)C(=O)c1c(C)c(C(=O)OC)n(C)c1C)S(=O)(=O)c1c(C)cc(C)cc1C. The van der Waals surface area contributed by atoms with E-state index in [1.165, 1.54) is 13.2 Å². The number of benzene rings is 1. The van der Waals surface area contributed by atoms with Gasteiger partial charge in [-0.05, 0) is 58.2 Å². The maximum absolute atomic E-state index is 13.7. The largest absolute Gasteiger partial charge is 0.464 e. The Morgan fingerprint density at radius 3 is 2.16 bits per heavy atom. The van der Waals surface area contributed by atoms with Crippen LogP contribution in [0, 0.1) is 34.6 Å². The van der Waals surface area contributed by atoms with Crippen LogP contribution in [0.3, 0.4) is 0 Å². The molecule has 7 nitrogen and oxygen atoms in total. The molecule has 0 saturated heterocycles. The molecule has 0 bridgehead atoms. The van der Waals surface area contributed by atoms with E-state index < -0.39 is 27.8 Å². The predicted octanol–water partition coefficient (Wildman–Crippen LogP) is 3.80. The van der Waals surface area contributed by atoms with Crippen molar-refractivity contribution >= 4 is 21.8 Å². The molecular formula is C24H32N2O5S. The van der Waals surface area contributed by atoms with Crippen LogP contribution >= 0.6 is 0 Å². The smallest absolute Gasteiger partial charge is 0.354 e. The third-order valence-electron chi connectivity index (χ3n) is 5.85. The Bertz CT molecular complexity index is 1170. The lowest BCUT2D eigenvalue weighted by molar-refractivity contribution is 0.0588. The highest BCUT2D eigenvalue weighted by Crippen LogP contribution is 2.29. The molecule has 0 spiro atoms. The minimum atomic E-state index is -4.00. The number of nitrogens with zero attached hydrogens (tertiary/aromatic N) is 2. The lowest BCUT2D eigenvalue weighted by Crippen LogP contribution is -2.44. The van der Waals surface area contributed by atoms with Gasteiger partial charge in [-0.15, -0.1) is 6.58 Å². The molecule has 2 rings (SSSR count). The van der Waals surface area contributed by atoms with Gasteiger partial charge in [-0.3, -0.25) is 4.79 Å². The van der Waals surface area contributed by atoms with E-state index in [4.69, 9.17) is 4.74 Å². The van der Waals surface area contributed by atoms with Crippen molar-refractivity contribution in [2.75, 3.05) is 13.7 Å². The third kappa shape index (κ3) is 4.29. The van der Waals surface area contributed by atoms with Crippen LogP contribution in [0.4, 0.5) is 0 Å². The summed E-state index contributed by atoms with van der Waals surface area (Å²) in [5.74, 6) is -0.945. The van der Waals surface area contributed by atoms with Crippen molar-refractivity contribution in [3.05, 3.63) is 64.0 Å². The number of sulfonamides is 1. The molecule has 0 aliphatic carbocycles. The van der Waals surface area contributed by atoms with Crippen molar-refractivity contribution in [2.24, 2.45) is 7.05 Å². The van der Waals surface area contributed by atoms with Crippen molar-refractivity contribution in [3.63, 3.8) is 0 Å². The second-order valence-corrected chi connectivity index (χ2v) is 9.94. The molecule has 1 aromatic heterocycles. The first-order valence-corrected chi connectivity index (χ1v) is 11.7. The predicted molar refractivity (Wildman–Crippen MR) is 125 cm³/mol. The van der Waals surface area contributed by atoms with E-state index in [9.17, 15) is 18.0 Å². The van der Waals surface area contributed by atoms with E-state index in [2.05, 4.69) is 6.58 Å². The number of carbonyl (C=O) groups is 2. The van der Waals surface area contributed by atoms with Gasteiger partial charge in [0, 0.05) is 24.8 Å². The summed E-state index contributed by atoms with van der Waals surface area (Å²) >= 11 is 0. The maximum atomic E-state index is 13.7. The van der Waals surface area contributed by atoms with Gasteiger partial charge in [-0.1, -0.05) is 23.8 Å². The van der Waals surface area contributed by atoms with Gasteiger partial charge >= 0.3 is 5.97 Å². The number of methoxy groups -OCH3 is 1. The highest BCUT2D eigenvalue weighted by molar-refractivity contribution is 7.89. The molecule has 32 heavy (non-hydrogen) atoms. The van der Waals surface area contributed by atoms with Crippen molar-refractivity contribution in [1.82, 2.24) is 8.87 Å². The molecule has 1 heterocycles. The number of aromatic nitrogens is 1. The fourth-order valence-corrected chi connectivity index (χ4v) is 6.33. The van der Waals surface area contributed by atoms with Crippen LogP contribution in [0.5, 0.6) is 0 Å². The number of rotatable bonds is 8.